The van der Waals surface area contributed by atoms with Crippen LogP contribution in [0, 0.1) is 0 Å². The zero-order valence-corrected chi connectivity index (χ0v) is 10.1. The molecular formula is C16H14N2. The van der Waals surface area contributed by atoms with Crippen LogP contribution in [0.1, 0.15) is 11.3 Å². The van der Waals surface area contributed by atoms with Gasteiger partial charge in [-0.05, 0) is 30.0 Å². The SMILES string of the molecule is C1=CN2CC(=C1)C=Cc1[nH]c3ccccc3c1C2. The Hall–Kier alpha value is -2.22. The zero-order chi connectivity index (χ0) is 11.9. The zero-order valence-electron chi connectivity index (χ0n) is 10.1. The lowest BCUT2D eigenvalue weighted by Crippen LogP contribution is -2.22. The molecule has 0 fully saturated rings. The first-order valence-corrected chi connectivity index (χ1v) is 6.29. The van der Waals surface area contributed by atoms with Crippen LogP contribution >= 0.6 is 0 Å². The molecule has 0 radical (unpaired) electrons. The molecule has 2 nitrogen and oxygen atoms in total. The molecule has 0 aliphatic carbocycles. The standard InChI is InChI=1S/C16H14N2/c1-2-6-15-13(5-1)14-11-18-9-3-4-12(10-18)7-8-16(14)17-15/h1-9,17H,10-11H2. The van der Waals surface area contributed by atoms with Crippen LogP contribution in [-0.2, 0) is 6.54 Å². The van der Waals surface area contributed by atoms with Gasteiger partial charge in [0.15, 0.2) is 0 Å². The second-order valence-electron chi connectivity index (χ2n) is 4.88. The number of benzene rings is 1. The molecule has 1 aromatic heterocycles. The Morgan fingerprint density at radius 1 is 1.06 bits per heavy atom. The predicted molar refractivity (Wildman–Crippen MR) is 75.0 cm³/mol. The van der Waals surface area contributed by atoms with Gasteiger partial charge in [0.25, 0.3) is 0 Å². The van der Waals surface area contributed by atoms with Gasteiger partial charge in [-0.15, -0.1) is 0 Å². The summed E-state index contributed by atoms with van der Waals surface area (Å²) >= 11 is 0. The number of fused-ring (bicyclic) bond motifs is 5. The van der Waals surface area contributed by atoms with Gasteiger partial charge in [0.2, 0.25) is 0 Å². The maximum atomic E-state index is 3.51. The number of hydrogen-bond acceptors (Lipinski definition) is 1. The van der Waals surface area contributed by atoms with Gasteiger partial charge in [-0.25, -0.2) is 0 Å². The highest BCUT2D eigenvalue weighted by Gasteiger charge is 2.15. The summed E-state index contributed by atoms with van der Waals surface area (Å²) in [6.45, 7) is 1.98. The smallest absolute Gasteiger partial charge is 0.0462 e. The summed E-state index contributed by atoms with van der Waals surface area (Å²) in [5.74, 6) is 0. The molecule has 1 N–H and O–H groups in total. The third kappa shape index (κ3) is 1.42. The first kappa shape index (κ1) is 9.77. The third-order valence-corrected chi connectivity index (χ3v) is 3.66. The van der Waals surface area contributed by atoms with E-state index in [1.807, 2.05) is 0 Å². The summed E-state index contributed by atoms with van der Waals surface area (Å²) in [6, 6.07) is 8.53. The van der Waals surface area contributed by atoms with Crippen LogP contribution in [0.3, 0.4) is 0 Å². The van der Waals surface area contributed by atoms with Crippen LogP contribution in [0.4, 0.5) is 0 Å². The minimum absolute atomic E-state index is 0.970. The van der Waals surface area contributed by atoms with Crippen molar-refractivity contribution in [1.29, 1.82) is 0 Å². The van der Waals surface area contributed by atoms with E-state index >= 15 is 0 Å². The number of aromatic amines is 1. The normalized spacial score (nSPS) is 17.3. The van der Waals surface area contributed by atoms with Crippen molar-refractivity contribution >= 4 is 17.0 Å². The molecular weight excluding hydrogens is 220 g/mol. The molecule has 0 unspecified atom stereocenters. The largest absolute Gasteiger partial charge is 0.369 e. The van der Waals surface area contributed by atoms with Crippen LogP contribution in [0.2, 0.25) is 0 Å². The second kappa shape index (κ2) is 3.64. The molecule has 0 atom stereocenters. The van der Waals surface area contributed by atoms with E-state index in [-0.39, 0.29) is 0 Å². The quantitative estimate of drug-likeness (QED) is 0.739. The first-order valence-electron chi connectivity index (χ1n) is 6.29. The summed E-state index contributed by atoms with van der Waals surface area (Å²) in [5, 5.41) is 1.34. The van der Waals surface area contributed by atoms with E-state index < -0.39 is 0 Å². The average molecular weight is 234 g/mol. The molecule has 2 aliphatic heterocycles. The molecule has 2 bridgehead atoms. The summed E-state index contributed by atoms with van der Waals surface area (Å²) in [7, 11) is 0. The van der Waals surface area contributed by atoms with E-state index in [9.17, 15) is 0 Å². The molecule has 1 aromatic carbocycles. The number of nitrogens with zero attached hydrogens (tertiary/aromatic N) is 1. The van der Waals surface area contributed by atoms with Crippen molar-refractivity contribution in [1.82, 2.24) is 9.88 Å². The minimum atomic E-state index is 0.970. The van der Waals surface area contributed by atoms with Gasteiger partial charge >= 0.3 is 0 Å². The highest BCUT2D eigenvalue weighted by atomic mass is 15.1. The molecule has 0 amide bonds. The van der Waals surface area contributed by atoms with Crippen molar-refractivity contribution in [2.24, 2.45) is 0 Å². The fourth-order valence-corrected chi connectivity index (χ4v) is 2.77. The van der Waals surface area contributed by atoms with E-state index in [0.29, 0.717) is 0 Å². The van der Waals surface area contributed by atoms with Gasteiger partial charge in [-0.1, -0.05) is 30.4 Å². The second-order valence-corrected chi connectivity index (χ2v) is 4.88. The Bertz CT molecular complexity index is 701. The average Bonchev–Trinajstić information content (AvgIpc) is 2.74. The van der Waals surface area contributed by atoms with E-state index in [4.69, 9.17) is 0 Å². The van der Waals surface area contributed by atoms with E-state index in [0.717, 1.165) is 13.1 Å². The van der Waals surface area contributed by atoms with Crippen LogP contribution in [-0.4, -0.2) is 16.4 Å². The summed E-state index contributed by atoms with van der Waals surface area (Å²) in [4.78, 5) is 5.87. The Kier molecular flexibility index (Phi) is 1.97. The lowest BCUT2D eigenvalue weighted by Gasteiger charge is -2.25. The third-order valence-electron chi connectivity index (χ3n) is 3.66. The molecule has 2 aromatic rings. The van der Waals surface area contributed by atoms with E-state index in [1.54, 1.807) is 0 Å². The van der Waals surface area contributed by atoms with Crippen LogP contribution in [0.25, 0.3) is 17.0 Å². The number of H-pyrrole nitrogens is 1. The Morgan fingerprint density at radius 2 is 2.00 bits per heavy atom. The highest BCUT2D eigenvalue weighted by Crippen LogP contribution is 2.28. The van der Waals surface area contributed by atoms with E-state index in [1.165, 1.54) is 27.7 Å². The van der Waals surface area contributed by atoms with Gasteiger partial charge in [0, 0.05) is 35.2 Å². The van der Waals surface area contributed by atoms with E-state index in [2.05, 4.69) is 64.7 Å². The van der Waals surface area contributed by atoms with Crippen molar-refractivity contribution in [2.45, 2.75) is 6.54 Å². The number of nitrogens with one attached hydrogen (secondary N) is 1. The van der Waals surface area contributed by atoms with Gasteiger partial charge in [-0.3, -0.25) is 0 Å². The molecule has 88 valence electrons. The molecule has 0 saturated carbocycles. The first-order chi connectivity index (χ1) is 8.90. The van der Waals surface area contributed by atoms with Crippen LogP contribution < -0.4 is 0 Å². The van der Waals surface area contributed by atoms with Crippen LogP contribution in [0.15, 0.2) is 54.3 Å². The lowest BCUT2D eigenvalue weighted by atomic mass is 10.0. The minimum Gasteiger partial charge on any atom is -0.369 e. The summed E-state index contributed by atoms with van der Waals surface area (Å²) in [5.41, 5.74) is 5.22. The van der Waals surface area contributed by atoms with Crippen molar-refractivity contribution in [3.63, 3.8) is 0 Å². The van der Waals surface area contributed by atoms with Gasteiger partial charge in [0.05, 0.1) is 0 Å². The molecule has 2 aliphatic rings. The fraction of sp³-hybridized carbons (Fsp3) is 0.125. The number of rotatable bonds is 0. The molecule has 18 heavy (non-hydrogen) atoms. The number of aromatic nitrogens is 1. The molecule has 3 heterocycles. The Balaban J connectivity index is 1.96. The maximum Gasteiger partial charge on any atom is 0.0462 e. The topological polar surface area (TPSA) is 19.0 Å². The lowest BCUT2D eigenvalue weighted by molar-refractivity contribution is 0.399. The Morgan fingerprint density at radius 3 is 3.00 bits per heavy atom. The van der Waals surface area contributed by atoms with Gasteiger partial charge < -0.3 is 9.88 Å². The van der Waals surface area contributed by atoms with Crippen molar-refractivity contribution in [2.75, 3.05) is 6.54 Å². The van der Waals surface area contributed by atoms with Crippen molar-refractivity contribution < 1.29 is 0 Å². The molecule has 0 saturated heterocycles. The molecule has 0 spiro atoms. The summed E-state index contributed by atoms with van der Waals surface area (Å²) in [6.07, 6.45) is 10.9. The molecule has 2 heteroatoms. The van der Waals surface area contributed by atoms with Crippen molar-refractivity contribution in [3.8, 4) is 0 Å². The van der Waals surface area contributed by atoms with Gasteiger partial charge in [0.1, 0.15) is 0 Å². The maximum absolute atomic E-state index is 3.51. The predicted octanol–water partition coefficient (Wildman–Crippen LogP) is 3.45. The van der Waals surface area contributed by atoms with Gasteiger partial charge in [-0.2, -0.15) is 0 Å². The number of para-hydroxylation sites is 1. The number of allylic oxidation sites excluding steroid dienone is 2. The van der Waals surface area contributed by atoms with Crippen LogP contribution in [0.5, 0.6) is 0 Å². The summed E-state index contributed by atoms with van der Waals surface area (Å²) < 4.78 is 0. The monoisotopic (exact) mass is 234 g/mol. The fourth-order valence-electron chi connectivity index (χ4n) is 2.77. The molecule has 4 rings (SSSR count). The Labute approximate surface area is 106 Å². The highest BCUT2D eigenvalue weighted by molar-refractivity contribution is 5.87. The van der Waals surface area contributed by atoms with Crippen molar-refractivity contribution in [3.05, 3.63) is 65.5 Å². The number of hydrogen-bond donors (Lipinski definition) is 1.